The number of aromatic nitrogens is 1. The minimum absolute atomic E-state index is 0.213. The molecule has 0 N–H and O–H groups in total. The van der Waals surface area contributed by atoms with Crippen LogP contribution in [-0.2, 0) is 21.4 Å². The minimum Gasteiger partial charge on any atom is -0.497 e. The Morgan fingerprint density at radius 2 is 2.21 bits per heavy atom. The van der Waals surface area contributed by atoms with Crippen LogP contribution in [0.4, 0.5) is 0 Å². The van der Waals surface area contributed by atoms with E-state index in [9.17, 15) is 13.2 Å². The lowest BCUT2D eigenvalue weighted by atomic mass is 9.99. The monoisotopic (exact) mass is 443 g/mol. The molecule has 0 saturated carbocycles. The molecule has 1 atom stereocenters. The molecule has 0 aliphatic carbocycles. The van der Waals surface area contributed by atoms with Gasteiger partial charge in [0.2, 0.25) is 10.0 Å². The van der Waals surface area contributed by atoms with E-state index in [0.717, 1.165) is 28.3 Å². The average molecular weight is 444 g/mol. The largest absolute Gasteiger partial charge is 0.497 e. The fourth-order valence-corrected chi connectivity index (χ4v) is 5.61. The molecule has 1 fully saturated rings. The maximum Gasteiger partial charge on any atom is 0.252 e. The van der Waals surface area contributed by atoms with Crippen molar-refractivity contribution in [1.29, 1.82) is 0 Å². The van der Waals surface area contributed by atoms with Gasteiger partial charge in [0.05, 0.1) is 29.5 Å². The number of thiazole rings is 1. The molecule has 7 nitrogen and oxygen atoms in total. The molecule has 154 valence electrons. The summed E-state index contributed by atoms with van der Waals surface area (Å²) in [5.74, 6) is 1.02. The van der Waals surface area contributed by atoms with E-state index < -0.39 is 15.9 Å². The summed E-state index contributed by atoms with van der Waals surface area (Å²) >= 11 is 3.20. The summed E-state index contributed by atoms with van der Waals surface area (Å²) in [6, 6.07) is 5.83. The van der Waals surface area contributed by atoms with Gasteiger partial charge in [-0.15, -0.1) is 0 Å². The summed E-state index contributed by atoms with van der Waals surface area (Å²) in [5, 5.41) is 0. The number of amides is 1. The third-order valence-corrected chi connectivity index (χ3v) is 7.74. The molecule has 3 rings (SSSR count). The van der Waals surface area contributed by atoms with Crippen LogP contribution in [0.5, 0.6) is 5.75 Å². The highest BCUT2D eigenvalue weighted by molar-refractivity contribution is 7.98. The van der Waals surface area contributed by atoms with E-state index >= 15 is 0 Å². The Bertz CT molecular complexity index is 1030. The highest BCUT2D eigenvalue weighted by Crippen LogP contribution is 2.24. The summed E-state index contributed by atoms with van der Waals surface area (Å²) in [7, 11) is -1.66. The number of carbonyl (C=O) groups is 1. The van der Waals surface area contributed by atoms with Crippen LogP contribution in [0.2, 0.25) is 0 Å². The molecule has 0 radical (unpaired) electrons. The quantitative estimate of drug-likeness (QED) is 0.684. The SMILES string of the molecule is COc1ccc2sc(=NC(=O)[C@@H]3CCCN(S(C)(=O)=O)C3)n(CCSC)c2c1. The smallest absolute Gasteiger partial charge is 0.252 e. The number of rotatable bonds is 6. The van der Waals surface area contributed by atoms with Gasteiger partial charge in [-0.05, 0) is 31.2 Å². The van der Waals surface area contributed by atoms with Crippen molar-refractivity contribution in [3.8, 4) is 5.75 Å². The third kappa shape index (κ3) is 4.79. The van der Waals surface area contributed by atoms with Crippen molar-refractivity contribution in [2.24, 2.45) is 10.9 Å². The lowest BCUT2D eigenvalue weighted by molar-refractivity contribution is -0.122. The molecule has 1 saturated heterocycles. The highest BCUT2D eigenvalue weighted by atomic mass is 32.2. The van der Waals surface area contributed by atoms with E-state index in [0.29, 0.717) is 24.2 Å². The molecule has 1 amide bonds. The van der Waals surface area contributed by atoms with Gasteiger partial charge < -0.3 is 9.30 Å². The van der Waals surface area contributed by atoms with E-state index in [1.807, 2.05) is 29.0 Å². The summed E-state index contributed by atoms with van der Waals surface area (Å²) in [5.41, 5.74) is 0.992. The molecule has 0 bridgehead atoms. The van der Waals surface area contributed by atoms with Crippen molar-refractivity contribution in [3.63, 3.8) is 0 Å². The number of nitrogens with zero attached hydrogens (tertiary/aromatic N) is 3. The molecule has 1 aliphatic rings. The maximum atomic E-state index is 12.8. The number of hydrogen-bond acceptors (Lipinski definition) is 6. The summed E-state index contributed by atoms with van der Waals surface area (Å²) < 4.78 is 33.5. The van der Waals surface area contributed by atoms with E-state index in [1.54, 1.807) is 18.9 Å². The second kappa shape index (κ2) is 8.98. The van der Waals surface area contributed by atoms with Crippen molar-refractivity contribution in [2.45, 2.75) is 19.4 Å². The number of aryl methyl sites for hydroxylation is 1. The normalized spacial score (nSPS) is 19.2. The van der Waals surface area contributed by atoms with Gasteiger partial charge in [-0.2, -0.15) is 16.8 Å². The lowest BCUT2D eigenvalue weighted by Crippen LogP contribution is -2.41. The number of piperidine rings is 1. The molecular formula is C18H25N3O4S3. The van der Waals surface area contributed by atoms with Gasteiger partial charge in [0, 0.05) is 31.5 Å². The predicted octanol–water partition coefficient (Wildman–Crippen LogP) is 2.17. The van der Waals surface area contributed by atoms with Crippen LogP contribution >= 0.6 is 23.1 Å². The van der Waals surface area contributed by atoms with Crippen LogP contribution in [-0.4, -0.2) is 61.7 Å². The van der Waals surface area contributed by atoms with Gasteiger partial charge in [-0.3, -0.25) is 4.79 Å². The summed E-state index contributed by atoms with van der Waals surface area (Å²) in [6.45, 7) is 1.42. The first-order valence-corrected chi connectivity index (χ1v) is 13.1. The zero-order chi connectivity index (χ0) is 20.3. The van der Waals surface area contributed by atoms with E-state index in [4.69, 9.17) is 4.74 Å². The minimum atomic E-state index is -3.29. The number of carbonyl (C=O) groups excluding carboxylic acids is 1. The highest BCUT2D eigenvalue weighted by Gasteiger charge is 2.30. The van der Waals surface area contributed by atoms with Crippen LogP contribution in [0.1, 0.15) is 12.8 Å². The van der Waals surface area contributed by atoms with Crippen molar-refractivity contribution in [1.82, 2.24) is 8.87 Å². The number of fused-ring (bicyclic) bond motifs is 1. The van der Waals surface area contributed by atoms with Gasteiger partial charge in [0.25, 0.3) is 5.91 Å². The van der Waals surface area contributed by atoms with Crippen molar-refractivity contribution >= 4 is 49.2 Å². The molecule has 10 heteroatoms. The second-order valence-corrected chi connectivity index (χ2v) is 10.8. The van der Waals surface area contributed by atoms with Gasteiger partial charge >= 0.3 is 0 Å². The van der Waals surface area contributed by atoms with Gasteiger partial charge in [-0.25, -0.2) is 12.7 Å². The third-order valence-electron chi connectivity index (χ3n) is 4.82. The molecule has 1 aromatic heterocycles. The number of methoxy groups -OCH3 is 1. The fourth-order valence-electron chi connectivity index (χ4n) is 3.29. The lowest BCUT2D eigenvalue weighted by Gasteiger charge is -2.28. The Labute approximate surface area is 173 Å². The number of hydrogen-bond donors (Lipinski definition) is 0. The zero-order valence-corrected chi connectivity index (χ0v) is 18.7. The molecular weight excluding hydrogens is 418 g/mol. The maximum absolute atomic E-state index is 12.8. The van der Waals surface area contributed by atoms with E-state index in [1.165, 1.54) is 21.9 Å². The first-order valence-electron chi connectivity index (χ1n) is 9.03. The number of ether oxygens (including phenoxy) is 1. The Hall–Kier alpha value is -1.36. The van der Waals surface area contributed by atoms with E-state index in [2.05, 4.69) is 4.99 Å². The molecule has 2 aromatic rings. The Balaban J connectivity index is 1.96. The molecule has 0 unspecified atom stereocenters. The van der Waals surface area contributed by atoms with Crippen molar-refractivity contribution in [3.05, 3.63) is 23.0 Å². The average Bonchev–Trinajstić information content (AvgIpc) is 3.01. The molecule has 2 heterocycles. The number of benzene rings is 1. The van der Waals surface area contributed by atoms with Crippen LogP contribution in [0.3, 0.4) is 0 Å². The van der Waals surface area contributed by atoms with Crippen molar-refractivity contribution in [2.75, 3.05) is 38.5 Å². The molecule has 1 aromatic carbocycles. The fraction of sp³-hybridized carbons (Fsp3) is 0.556. The molecule has 28 heavy (non-hydrogen) atoms. The predicted molar refractivity (Wildman–Crippen MR) is 114 cm³/mol. The van der Waals surface area contributed by atoms with Gasteiger partial charge in [0.15, 0.2) is 4.80 Å². The first kappa shape index (κ1) is 21.4. The van der Waals surface area contributed by atoms with Crippen LogP contribution in [0.15, 0.2) is 23.2 Å². The molecule has 1 aliphatic heterocycles. The van der Waals surface area contributed by atoms with Crippen LogP contribution < -0.4 is 9.54 Å². The van der Waals surface area contributed by atoms with Crippen LogP contribution in [0, 0.1) is 5.92 Å². The number of thioether (sulfide) groups is 1. The molecule has 0 spiro atoms. The van der Waals surface area contributed by atoms with Gasteiger partial charge in [-0.1, -0.05) is 11.3 Å². The Morgan fingerprint density at radius 3 is 2.89 bits per heavy atom. The standard InChI is InChI=1S/C18H25N3O4S3/c1-25-14-6-7-16-15(11-14)21(9-10-26-2)18(27-16)19-17(22)13-5-4-8-20(12-13)28(3,23)24/h6-7,11,13H,4-5,8-10,12H2,1-3H3/t13-/m1/s1. The Morgan fingerprint density at radius 1 is 1.43 bits per heavy atom. The topological polar surface area (TPSA) is 81.0 Å². The van der Waals surface area contributed by atoms with Crippen LogP contribution in [0.25, 0.3) is 10.2 Å². The second-order valence-electron chi connectivity index (χ2n) is 6.77. The summed E-state index contributed by atoms with van der Waals surface area (Å²) in [4.78, 5) is 17.9. The van der Waals surface area contributed by atoms with E-state index in [-0.39, 0.29) is 12.5 Å². The number of sulfonamides is 1. The first-order chi connectivity index (χ1) is 13.3. The summed E-state index contributed by atoms with van der Waals surface area (Å²) in [6.07, 6.45) is 4.57. The van der Waals surface area contributed by atoms with Crippen molar-refractivity contribution < 1.29 is 17.9 Å². The Kier molecular flexibility index (Phi) is 6.85. The van der Waals surface area contributed by atoms with Gasteiger partial charge in [0.1, 0.15) is 5.75 Å². The zero-order valence-electron chi connectivity index (χ0n) is 16.3.